The first-order valence-electron chi connectivity index (χ1n) is 3.67. The molecule has 0 radical (unpaired) electrons. The lowest BCUT2D eigenvalue weighted by molar-refractivity contribution is 1.04. The van der Waals surface area contributed by atoms with Gasteiger partial charge in [0.05, 0.1) is 5.69 Å². The first kappa shape index (κ1) is 10.4. The van der Waals surface area contributed by atoms with Crippen molar-refractivity contribution in [3.8, 4) is 0 Å². The van der Waals surface area contributed by atoms with Crippen molar-refractivity contribution >= 4 is 38.9 Å². The van der Waals surface area contributed by atoms with Crippen molar-refractivity contribution < 1.29 is 0 Å². The minimum atomic E-state index is 0.395. The first-order valence-corrected chi connectivity index (χ1v) is 4.87. The largest absolute Gasteiger partial charge is 0.331 e. The Labute approximate surface area is 90.8 Å². The van der Waals surface area contributed by atoms with Crippen molar-refractivity contribution in [3.05, 3.63) is 28.2 Å². The van der Waals surface area contributed by atoms with E-state index >= 15 is 0 Å². The van der Waals surface area contributed by atoms with E-state index in [0.717, 1.165) is 15.7 Å². The third-order valence-corrected chi connectivity index (χ3v) is 2.41. The van der Waals surface area contributed by atoms with Gasteiger partial charge in [-0.05, 0) is 52.8 Å². The standard InChI is InChI=1S/C8H10BrN3S/c1-5-2-3-6(9)7(4-5)11-8(13)12-10/h2-4H,10H2,1H3,(H2,11,12,13). The summed E-state index contributed by atoms with van der Waals surface area (Å²) in [7, 11) is 0. The van der Waals surface area contributed by atoms with Gasteiger partial charge >= 0.3 is 0 Å². The first-order chi connectivity index (χ1) is 6.13. The van der Waals surface area contributed by atoms with Crippen LogP contribution in [0.15, 0.2) is 22.7 Å². The lowest BCUT2D eigenvalue weighted by Crippen LogP contribution is -2.34. The molecule has 0 saturated carbocycles. The lowest BCUT2D eigenvalue weighted by atomic mass is 10.2. The van der Waals surface area contributed by atoms with Crippen LogP contribution in [-0.2, 0) is 0 Å². The van der Waals surface area contributed by atoms with Gasteiger partial charge in [0.1, 0.15) is 0 Å². The lowest BCUT2D eigenvalue weighted by Gasteiger charge is -2.09. The molecule has 0 heterocycles. The summed E-state index contributed by atoms with van der Waals surface area (Å²) in [4.78, 5) is 0. The fraction of sp³-hybridized carbons (Fsp3) is 0.125. The second kappa shape index (κ2) is 4.55. The number of benzene rings is 1. The van der Waals surface area contributed by atoms with Gasteiger partial charge in [-0.1, -0.05) is 6.07 Å². The van der Waals surface area contributed by atoms with Crippen LogP contribution in [0.1, 0.15) is 5.56 Å². The number of hydrogen-bond acceptors (Lipinski definition) is 2. The molecule has 1 aromatic rings. The van der Waals surface area contributed by atoms with Gasteiger partial charge in [-0.2, -0.15) is 0 Å². The molecule has 5 heteroatoms. The fourth-order valence-electron chi connectivity index (χ4n) is 0.893. The van der Waals surface area contributed by atoms with Gasteiger partial charge in [0, 0.05) is 4.47 Å². The number of anilines is 1. The zero-order chi connectivity index (χ0) is 9.84. The molecular weight excluding hydrogens is 250 g/mol. The summed E-state index contributed by atoms with van der Waals surface area (Å²) in [5.74, 6) is 5.14. The SMILES string of the molecule is Cc1ccc(Br)c(NC(=S)NN)c1. The summed E-state index contributed by atoms with van der Waals surface area (Å²) in [5, 5.41) is 3.34. The van der Waals surface area contributed by atoms with Crippen LogP contribution in [0, 0.1) is 6.92 Å². The summed E-state index contributed by atoms with van der Waals surface area (Å²) >= 11 is 8.27. The summed E-state index contributed by atoms with van der Waals surface area (Å²) in [6.45, 7) is 2.01. The van der Waals surface area contributed by atoms with E-state index in [1.54, 1.807) is 0 Å². The van der Waals surface area contributed by atoms with Crippen LogP contribution in [0.25, 0.3) is 0 Å². The number of halogens is 1. The molecule has 70 valence electrons. The number of aryl methyl sites for hydroxylation is 1. The molecule has 0 aromatic heterocycles. The second-order valence-electron chi connectivity index (χ2n) is 2.58. The molecule has 0 fully saturated rings. The summed E-state index contributed by atoms with van der Waals surface area (Å²) in [5.41, 5.74) is 4.42. The van der Waals surface area contributed by atoms with E-state index in [-0.39, 0.29) is 0 Å². The Morgan fingerprint density at radius 3 is 2.85 bits per heavy atom. The van der Waals surface area contributed by atoms with E-state index in [9.17, 15) is 0 Å². The quantitative estimate of drug-likeness (QED) is 0.410. The Morgan fingerprint density at radius 2 is 2.23 bits per heavy atom. The highest BCUT2D eigenvalue weighted by Gasteiger charge is 2.00. The van der Waals surface area contributed by atoms with E-state index in [0.29, 0.717) is 5.11 Å². The maximum absolute atomic E-state index is 5.14. The Hall–Kier alpha value is -0.650. The predicted molar refractivity (Wildman–Crippen MR) is 62.4 cm³/mol. The molecule has 4 N–H and O–H groups in total. The molecule has 0 aliphatic carbocycles. The monoisotopic (exact) mass is 259 g/mol. The van der Waals surface area contributed by atoms with E-state index < -0.39 is 0 Å². The zero-order valence-electron chi connectivity index (χ0n) is 7.10. The number of nitrogens with one attached hydrogen (secondary N) is 2. The predicted octanol–water partition coefficient (Wildman–Crippen LogP) is 1.92. The third-order valence-electron chi connectivity index (χ3n) is 1.50. The minimum Gasteiger partial charge on any atom is -0.331 e. The van der Waals surface area contributed by atoms with E-state index in [4.69, 9.17) is 18.1 Å². The molecule has 1 rings (SSSR count). The summed E-state index contributed by atoms with van der Waals surface area (Å²) in [6, 6.07) is 5.94. The van der Waals surface area contributed by atoms with Crippen molar-refractivity contribution in [1.82, 2.24) is 5.43 Å². The molecule has 1 aromatic carbocycles. The van der Waals surface area contributed by atoms with Crippen LogP contribution in [0.4, 0.5) is 5.69 Å². The van der Waals surface area contributed by atoms with Crippen LogP contribution < -0.4 is 16.6 Å². The molecular formula is C8H10BrN3S. The van der Waals surface area contributed by atoms with E-state index in [2.05, 4.69) is 26.7 Å². The van der Waals surface area contributed by atoms with Crippen LogP contribution in [0.5, 0.6) is 0 Å². The molecule has 0 unspecified atom stereocenters. The highest BCUT2D eigenvalue weighted by atomic mass is 79.9. The van der Waals surface area contributed by atoms with Crippen molar-refractivity contribution in [2.24, 2.45) is 5.84 Å². The van der Waals surface area contributed by atoms with Gasteiger partial charge in [0.15, 0.2) is 5.11 Å². The van der Waals surface area contributed by atoms with Crippen molar-refractivity contribution in [1.29, 1.82) is 0 Å². The molecule has 0 bridgehead atoms. The third kappa shape index (κ3) is 2.95. The van der Waals surface area contributed by atoms with Crippen LogP contribution >= 0.6 is 28.1 Å². The Kier molecular flexibility index (Phi) is 3.65. The van der Waals surface area contributed by atoms with Crippen LogP contribution in [0.2, 0.25) is 0 Å². The highest BCUT2D eigenvalue weighted by molar-refractivity contribution is 9.10. The minimum absolute atomic E-state index is 0.395. The average molecular weight is 260 g/mol. The van der Waals surface area contributed by atoms with E-state index in [1.165, 1.54) is 0 Å². The molecule has 0 aliphatic heterocycles. The van der Waals surface area contributed by atoms with E-state index in [1.807, 2.05) is 25.1 Å². The van der Waals surface area contributed by atoms with Crippen molar-refractivity contribution in [2.75, 3.05) is 5.32 Å². The number of nitrogens with two attached hydrogens (primary N) is 1. The van der Waals surface area contributed by atoms with Crippen molar-refractivity contribution in [2.45, 2.75) is 6.92 Å². The van der Waals surface area contributed by atoms with Gasteiger partial charge in [-0.3, -0.25) is 0 Å². The van der Waals surface area contributed by atoms with Crippen LogP contribution in [-0.4, -0.2) is 5.11 Å². The fourth-order valence-corrected chi connectivity index (χ4v) is 1.35. The topological polar surface area (TPSA) is 50.1 Å². The molecule has 0 amide bonds. The van der Waals surface area contributed by atoms with Crippen LogP contribution in [0.3, 0.4) is 0 Å². The summed E-state index contributed by atoms with van der Waals surface area (Å²) in [6.07, 6.45) is 0. The normalized spacial score (nSPS) is 9.46. The Morgan fingerprint density at radius 1 is 1.54 bits per heavy atom. The van der Waals surface area contributed by atoms with Gasteiger partial charge in [-0.15, -0.1) is 0 Å². The molecule has 0 spiro atoms. The highest BCUT2D eigenvalue weighted by Crippen LogP contribution is 2.22. The second-order valence-corrected chi connectivity index (χ2v) is 3.84. The zero-order valence-corrected chi connectivity index (χ0v) is 9.50. The number of rotatable bonds is 1. The van der Waals surface area contributed by atoms with Crippen molar-refractivity contribution in [3.63, 3.8) is 0 Å². The van der Waals surface area contributed by atoms with Gasteiger partial charge in [0.25, 0.3) is 0 Å². The maximum atomic E-state index is 5.14. The molecule has 0 saturated heterocycles. The smallest absolute Gasteiger partial charge is 0.185 e. The van der Waals surface area contributed by atoms with Gasteiger partial charge in [-0.25, -0.2) is 5.84 Å². The molecule has 13 heavy (non-hydrogen) atoms. The molecule has 0 aliphatic rings. The van der Waals surface area contributed by atoms with Gasteiger partial charge in [0.2, 0.25) is 0 Å². The Bertz CT molecular complexity index is 327. The average Bonchev–Trinajstić information content (AvgIpc) is 2.11. The number of thiocarbonyl (C=S) groups is 1. The maximum Gasteiger partial charge on any atom is 0.185 e. The molecule has 3 nitrogen and oxygen atoms in total. The van der Waals surface area contributed by atoms with Gasteiger partial charge < -0.3 is 10.7 Å². The Balaban J connectivity index is 2.87. The summed E-state index contributed by atoms with van der Waals surface area (Å²) < 4.78 is 0.954. The number of hydrazine groups is 1. The number of hydrogen-bond donors (Lipinski definition) is 3. The molecule has 0 atom stereocenters.